The van der Waals surface area contributed by atoms with E-state index in [0.29, 0.717) is 12.8 Å². The highest BCUT2D eigenvalue weighted by molar-refractivity contribution is 4.89. The third-order valence-corrected chi connectivity index (χ3v) is 4.41. The Morgan fingerprint density at radius 3 is 1.60 bits per heavy atom. The summed E-state index contributed by atoms with van der Waals surface area (Å²) in [6, 6.07) is -0.796. The van der Waals surface area contributed by atoms with Crippen LogP contribution in [0.1, 0.15) is 51.4 Å². The van der Waals surface area contributed by atoms with E-state index >= 15 is 0 Å². The minimum absolute atomic E-state index is 0.0103. The van der Waals surface area contributed by atoms with Crippen molar-refractivity contribution in [2.24, 2.45) is 22.9 Å². The highest BCUT2D eigenvalue weighted by Crippen LogP contribution is 2.29. The Bertz CT molecular complexity index is 337. The average Bonchev–Trinajstić information content (AvgIpc) is 2.36. The third-order valence-electron chi connectivity index (χ3n) is 4.41. The number of rotatable bonds is 4. The second kappa shape index (κ2) is 5.80. The molecule has 4 unspecified atom stereocenters. The van der Waals surface area contributed by atoms with Gasteiger partial charge in [-0.3, -0.25) is 11.5 Å². The molecular weight excluding hydrogens is 262 g/mol. The summed E-state index contributed by atoms with van der Waals surface area (Å²) >= 11 is 0. The van der Waals surface area contributed by atoms with E-state index in [9.17, 15) is 4.91 Å². The Labute approximate surface area is 118 Å². The van der Waals surface area contributed by atoms with Gasteiger partial charge in [0.05, 0.1) is 12.1 Å². The molecule has 0 aromatic heterocycles. The smallest absolute Gasteiger partial charge is 0.323 e. The molecule has 0 bridgehead atoms. The van der Waals surface area contributed by atoms with Gasteiger partial charge in [0.15, 0.2) is 0 Å². The molecule has 8 heteroatoms. The van der Waals surface area contributed by atoms with Crippen molar-refractivity contribution in [3.63, 3.8) is 0 Å². The van der Waals surface area contributed by atoms with Gasteiger partial charge in [0.1, 0.15) is 4.91 Å². The van der Waals surface area contributed by atoms with Crippen LogP contribution in [0.5, 0.6) is 0 Å². The minimum atomic E-state index is -1.20. The Morgan fingerprint density at radius 2 is 1.25 bits per heavy atom. The molecule has 20 heavy (non-hydrogen) atoms. The molecule has 0 aliphatic heterocycles. The standard InChI is InChI=1S/C12H26N5O3/c13-9-5-1-3-7-11(9,15)19-17(18)20-12(16)8-4-2-6-10(12)14/h9-10H,1-8,13-16H2/q+1. The normalized spacial score (nSPS) is 42.0. The third kappa shape index (κ3) is 3.20. The first kappa shape index (κ1) is 15.4. The van der Waals surface area contributed by atoms with Crippen molar-refractivity contribution in [3.8, 4) is 0 Å². The Hall–Kier alpha value is -0.960. The Balaban J connectivity index is 1.94. The zero-order valence-corrected chi connectivity index (χ0v) is 11.8. The molecule has 8 nitrogen and oxygen atoms in total. The molecule has 0 spiro atoms. The summed E-state index contributed by atoms with van der Waals surface area (Å²) in [5, 5.41) is 0.0103. The van der Waals surface area contributed by atoms with E-state index in [-0.39, 0.29) is 5.09 Å². The van der Waals surface area contributed by atoms with Gasteiger partial charge in [-0.2, -0.15) is 9.68 Å². The van der Waals surface area contributed by atoms with Crippen LogP contribution in [-0.2, 0) is 9.68 Å². The summed E-state index contributed by atoms with van der Waals surface area (Å²) in [5.74, 6) is 0. The molecule has 2 fully saturated rings. The van der Waals surface area contributed by atoms with E-state index < -0.39 is 23.5 Å². The van der Waals surface area contributed by atoms with Gasteiger partial charge in [-0.1, -0.05) is 12.8 Å². The molecule has 8 N–H and O–H groups in total. The summed E-state index contributed by atoms with van der Waals surface area (Å²) in [7, 11) is 0. The van der Waals surface area contributed by atoms with E-state index in [1.807, 2.05) is 0 Å². The van der Waals surface area contributed by atoms with E-state index in [1.165, 1.54) is 0 Å². The highest BCUT2D eigenvalue weighted by Gasteiger charge is 2.49. The molecular formula is C12H26N5O3+. The quantitative estimate of drug-likeness (QED) is 0.412. The monoisotopic (exact) mass is 288 g/mol. The van der Waals surface area contributed by atoms with E-state index in [2.05, 4.69) is 0 Å². The average molecular weight is 288 g/mol. The molecule has 116 valence electrons. The van der Waals surface area contributed by atoms with Crippen LogP contribution in [0.4, 0.5) is 0 Å². The lowest BCUT2D eigenvalue weighted by Crippen LogP contribution is -2.63. The summed E-state index contributed by atoms with van der Waals surface area (Å²) in [4.78, 5) is 22.2. The topological polar surface area (TPSA) is 143 Å². The maximum atomic E-state index is 11.9. The lowest BCUT2D eigenvalue weighted by molar-refractivity contribution is -1.01. The van der Waals surface area contributed by atoms with Gasteiger partial charge in [0.2, 0.25) is 0 Å². The summed E-state index contributed by atoms with van der Waals surface area (Å²) < 4.78 is 0. The molecule has 0 amide bonds. The van der Waals surface area contributed by atoms with Crippen LogP contribution >= 0.6 is 0 Å². The SMILES string of the molecule is NC1CCCCC1(N)O[N+](=O)OC1(N)CCCCC1N. The molecule has 2 aliphatic rings. The molecule has 2 rings (SSSR count). The zero-order valence-electron chi connectivity index (χ0n) is 11.8. The number of hydrogen-bond acceptors (Lipinski definition) is 7. The van der Waals surface area contributed by atoms with Crippen LogP contribution in [0, 0.1) is 4.91 Å². The lowest BCUT2D eigenvalue weighted by Gasteiger charge is -2.35. The first-order chi connectivity index (χ1) is 9.36. The maximum absolute atomic E-state index is 11.9. The molecule has 2 aliphatic carbocycles. The number of nitrogens with zero attached hydrogens (tertiary/aromatic N) is 1. The van der Waals surface area contributed by atoms with Gasteiger partial charge in [-0.15, -0.1) is 0 Å². The minimum Gasteiger partial charge on any atom is -0.323 e. The predicted molar refractivity (Wildman–Crippen MR) is 72.5 cm³/mol. The molecule has 0 heterocycles. The second-order valence-corrected chi connectivity index (χ2v) is 6.02. The number of nitrogens with two attached hydrogens (primary N) is 4. The fourth-order valence-corrected chi connectivity index (χ4v) is 2.91. The molecule has 0 aromatic rings. The van der Waals surface area contributed by atoms with Gasteiger partial charge in [0, 0.05) is 12.8 Å². The summed E-state index contributed by atoms with van der Waals surface area (Å²) in [6.07, 6.45) is 6.16. The summed E-state index contributed by atoms with van der Waals surface area (Å²) in [5.41, 5.74) is 21.5. The van der Waals surface area contributed by atoms with Crippen molar-refractivity contribution in [2.75, 3.05) is 0 Å². The van der Waals surface area contributed by atoms with Gasteiger partial charge < -0.3 is 11.5 Å². The first-order valence-corrected chi connectivity index (χ1v) is 7.30. The van der Waals surface area contributed by atoms with Crippen molar-refractivity contribution in [1.82, 2.24) is 0 Å². The lowest BCUT2D eigenvalue weighted by atomic mass is 9.88. The van der Waals surface area contributed by atoms with Crippen LogP contribution in [0.25, 0.3) is 0 Å². The first-order valence-electron chi connectivity index (χ1n) is 7.30. The van der Waals surface area contributed by atoms with Gasteiger partial charge in [-0.05, 0) is 25.7 Å². The van der Waals surface area contributed by atoms with Crippen molar-refractivity contribution >= 4 is 0 Å². The van der Waals surface area contributed by atoms with Crippen LogP contribution in [0.3, 0.4) is 0 Å². The van der Waals surface area contributed by atoms with Crippen LogP contribution < -0.4 is 22.9 Å². The molecule has 4 atom stereocenters. The van der Waals surface area contributed by atoms with E-state index in [0.717, 1.165) is 38.5 Å². The second-order valence-electron chi connectivity index (χ2n) is 6.02. The zero-order chi connectivity index (χ0) is 14.8. The molecule has 0 aromatic carbocycles. The van der Waals surface area contributed by atoms with Gasteiger partial charge in [0.25, 0.3) is 11.4 Å². The maximum Gasteiger partial charge on any atom is 0.481 e. The van der Waals surface area contributed by atoms with Crippen LogP contribution in [0.2, 0.25) is 0 Å². The van der Waals surface area contributed by atoms with E-state index in [4.69, 9.17) is 32.6 Å². The highest BCUT2D eigenvalue weighted by atomic mass is 17.0. The van der Waals surface area contributed by atoms with Gasteiger partial charge >= 0.3 is 5.09 Å². The fraction of sp³-hybridized carbons (Fsp3) is 1.00. The molecule has 0 radical (unpaired) electrons. The van der Waals surface area contributed by atoms with Crippen molar-refractivity contribution < 1.29 is 14.8 Å². The predicted octanol–water partition coefficient (Wildman–Crippen LogP) is -0.259. The van der Waals surface area contributed by atoms with Gasteiger partial charge in [-0.25, -0.2) is 0 Å². The fourth-order valence-electron chi connectivity index (χ4n) is 2.91. The molecule has 0 saturated heterocycles. The van der Waals surface area contributed by atoms with Crippen LogP contribution in [-0.4, -0.2) is 28.6 Å². The summed E-state index contributed by atoms with van der Waals surface area (Å²) in [6.45, 7) is 0. The number of hydrogen-bond donors (Lipinski definition) is 4. The van der Waals surface area contributed by atoms with Crippen molar-refractivity contribution in [1.29, 1.82) is 0 Å². The Kier molecular flexibility index (Phi) is 4.48. The van der Waals surface area contributed by atoms with E-state index in [1.54, 1.807) is 0 Å². The largest absolute Gasteiger partial charge is 0.481 e. The van der Waals surface area contributed by atoms with Crippen molar-refractivity contribution in [2.45, 2.75) is 74.9 Å². The van der Waals surface area contributed by atoms with Crippen LogP contribution in [0.15, 0.2) is 0 Å². The van der Waals surface area contributed by atoms with Crippen molar-refractivity contribution in [3.05, 3.63) is 4.91 Å². The molecule has 2 saturated carbocycles. The Morgan fingerprint density at radius 1 is 0.850 bits per heavy atom.